The van der Waals surface area contributed by atoms with Gasteiger partial charge in [-0.3, -0.25) is 4.79 Å². The Hall–Kier alpha value is -3.08. The molecule has 2 fully saturated rings. The van der Waals surface area contributed by atoms with Crippen molar-refractivity contribution in [3.05, 3.63) is 83.3 Å². The standard InChI is InChI=1S/C28H33FN4O4S/c1-2-33-26(12-15-30-33)31-27(34)28(13-17-37-18-14-28)23-11-10-22(24(29)19-23)20-32-16-6-9-25(38(32,35)36)21-7-4-3-5-8-21/h3-5,7-8,10-12,15,19,25H,2,6,9,13-14,16-18,20H2,1H3,(H,31,34)/t25-/m1/s1. The van der Waals surface area contributed by atoms with Crippen molar-refractivity contribution in [2.75, 3.05) is 25.1 Å². The molecule has 2 aromatic carbocycles. The molecule has 3 heterocycles. The Bertz CT molecular complexity index is 1390. The Morgan fingerprint density at radius 1 is 1.16 bits per heavy atom. The van der Waals surface area contributed by atoms with Crippen LogP contribution in [0.15, 0.2) is 60.8 Å². The minimum absolute atomic E-state index is 0.0459. The van der Waals surface area contributed by atoms with Gasteiger partial charge in [0.15, 0.2) is 0 Å². The summed E-state index contributed by atoms with van der Waals surface area (Å²) in [6.07, 6.45) is 3.70. The van der Waals surface area contributed by atoms with E-state index in [1.54, 1.807) is 29.1 Å². The normalized spacial score (nSPS) is 21.2. The first-order chi connectivity index (χ1) is 18.3. The van der Waals surface area contributed by atoms with Gasteiger partial charge < -0.3 is 10.1 Å². The quantitative estimate of drug-likeness (QED) is 0.480. The number of anilines is 1. The maximum atomic E-state index is 15.6. The van der Waals surface area contributed by atoms with Crippen LogP contribution in [0.3, 0.4) is 0 Å². The summed E-state index contributed by atoms with van der Waals surface area (Å²) in [5.74, 6) is -0.159. The lowest BCUT2D eigenvalue weighted by Crippen LogP contribution is -2.45. The van der Waals surface area contributed by atoms with Gasteiger partial charge in [0.05, 0.1) is 11.6 Å². The van der Waals surface area contributed by atoms with Crippen LogP contribution in [0.1, 0.15) is 54.5 Å². The number of carbonyl (C=O) groups is 1. The van der Waals surface area contributed by atoms with E-state index >= 15 is 4.39 Å². The molecule has 2 aliphatic heterocycles. The van der Waals surface area contributed by atoms with E-state index in [0.717, 1.165) is 5.56 Å². The monoisotopic (exact) mass is 540 g/mol. The number of hydrogen-bond acceptors (Lipinski definition) is 5. The third-order valence-corrected chi connectivity index (χ3v) is 10.0. The molecule has 1 aromatic heterocycles. The lowest BCUT2D eigenvalue weighted by Gasteiger charge is -2.36. The molecule has 202 valence electrons. The third kappa shape index (κ3) is 5.00. The fraction of sp³-hybridized carbons (Fsp3) is 0.429. The Labute approximate surface area is 222 Å². The number of aryl methyl sites for hydroxylation is 1. The van der Waals surface area contributed by atoms with Gasteiger partial charge in [-0.25, -0.2) is 17.5 Å². The van der Waals surface area contributed by atoms with E-state index < -0.39 is 26.5 Å². The fourth-order valence-corrected chi connectivity index (χ4v) is 7.57. The predicted octanol–water partition coefficient (Wildman–Crippen LogP) is 4.40. The molecule has 0 aliphatic carbocycles. The van der Waals surface area contributed by atoms with Crippen LogP contribution >= 0.6 is 0 Å². The predicted molar refractivity (Wildman–Crippen MR) is 142 cm³/mol. The highest BCUT2D eigenvalue weighted by atomic mass is 32.2. The van der Waals surface area contributed by atoms with Crippen LogP contribution in [-0.2, 0) is 38.1 Å². The smallest absolute Gasteiger partial charge is 0.236 e. The van der Waals surface area contributed by atoms with Gasteiger partial charge >= 0.3 is 0 Å². The summed E-state index contributed by atoms with van der Waals surface area (Å²) in [6.45, 7) is 3.61. The molecule has 3 aromatic rings. The molecule has 2 aliphatic rings. The first-order valence-corrected chi connectivity index (χ1v) is 14.6. The molecule has 1 N–H and O–H groups in total. The Morgan fingerprint density at radius 3 is 2.63 bits per heavy atom. The van der Waals surface area contributed by atoms with Gasteiger partial charge in [-0.1, -0.05) is 42.5 Å². The first kappa shape index (κ1) is 26.5. The van der Waals surface area contributed by atoms with Gasteiger partial charge in [-0.05, 0) is 49.8 Å². The Balaban J connectivity index is 1.40. The Kier molecular flexibility index (Phi) is 7.65. The van der Waals surface area contributed by atoms with E-state index in [-0.39, 0.29) is 18.0 Å². The highest BCUT2D eigenvalue weighted by Gasteiger charge is 2.43. The van der Waals surface area contributed by atoms with Crippen LogP contribution in [0.2, 0.25) is 0 Å². The molecule has 38 heavy (non-hydrogen) atoms. The third-order valence-electron chi connectivity index (χ3n) is 7.76. The van der Waals surface area contributed by atoms with E-state index in [4.69, 9.17) is 4.74 Å². The average molecular weight is 541 g/mol. The summed E-state index contributed by atoms with van der Waals surface area (Å²) >= 11 is 0. The lowest BCUT2D eigenvalue weighted by molar-refractivity contribution is -0.125. The summed E-state index contributed by atoms with van der Waals surface area (Å²) in [6, 6.07) is 15.7. The van der Waals surface area contributed by atoms with Crippen LogP contribution < -0.4 is 5.32 Å². The molecule has 0 spiro atoms. The second-order valence-corrected chi connectivity index (χ2v) is 12.0. The van der Waals surface area contributed by atoms with Crippen LogP contribution in [0.25, 0.3) is 0 Å². The zero-order valence-corrected chi connectivity index (χ0v) is 22.3. The van der Waals surface area contributed by atoms with Crippen molar-refractivity contribution in [2.45, 2.75) is 56.4 Å². The number of hydrogen-bond donors (Lipinski definition) is 1. The number of sulfonamides is 1. The number of rotatable bonds is 7. The van der Waals surface area contributed by atoms with Crippen LogP contribution in [0, 0.1) is 5.82 Å². The minimum atomic E-state index is -3.65. The van der Waals surface area contributed by atoms with E-state index in [1.165, 1.54) is 10.4 Å². The maximum Gasteiger partial charge on any atom is 0.236 e. The van der Waals surface area contributed by atoms with Gasteiger partial charge in [0.25, 0.3) is 0 Å². The van der Waals surface area contributed by atoms with Crippen LogP contribution in [0.4, 0.5) is 10.2 Å². The van der Waals surface area contributed by atoms with Gasteiger partial charge in [-0.15, -0.1) is 0 Å². The highest BCUT2D eigenvalue weighted by molar-refractivity contribution is 7.89. The van der Waals surface area contributed by atoms with Crippen molar-refractivity contribution >= 4 is 21.7 Å². The molecule has 1 amide bonds. The number of nitrogens with zero attached hydrogens (tertiary/aromatic N) is 3. The van der Waals surface area contributed by atoms with E-state index in [1.807, 2.05) is 37.3 Å². The fourth-order valence-electron chi connectivity index (χ4n) is 5.54. The number of benzene rings is 2. The molecule has 0 bridgehead atoms. The van der Waals surface area contributed by atoms with E-state index in [9.17, 15) is 13.2 Å². The largest absolute Gasteiger partial charge is 0.381 e. The van der Waals surface area contributed by atoms with Crippen LogP contribution in [0.5, 0.6) is 0 Å². The molecule has 10 heteroatoms. The van der Waals surface area contributed by atoms with Gasteiger partial charge in [0, 0.05) is 44.5 Å². The Morgan fingerprint density at radius 2 is 1.92 bits per heavy atom. The van der Waals surface area contributed by atoms with Gasteiger partial charge in [0.2, 0.25) is 15.9 Å². The molecular formula is C28H33FN4O4S. The van der Waals surface area contributed by atoms with Gasteiger partial charge in [-0.2, -0.15) is 9.40 Å². The average Bonchev–Trinajstić information content (AvgIpc) is 3.38. The summed E-state index contributed by atoms with van der Waals surface area (Å²) in [5, 5.41) is 6.55. The summed E-state index contributed by atoms with van der Waals surface area (Å²) < 4.78 is 51.0. The van der Waals surface area contributed by atoms with Crippen molar-refractivity contribution < 1.29 is 22.3 Å². The number of aromatic nitrogens is 2. The second-order valence-electron chi connectivity index (χ2n) is 9.91. The number of ether oxygens (including phenoxy) is 1. The zero-order chi connectivity index (χ0) is 26.8. The molecule has 2 saturated heterocycles. The molecule has 0 radical (unpaired) electrons. The van der Waals surface area contributed by atoms with Crippen molar-refractivity contribution in [1.82, 2.24) is 14.1 Å². The molecule has 8 nitrogen and oxygen atoms in total. The van der Waals surface area contributed by atoms with Gasteiger partial charge in [0.1, 0.15) is 16.9 Å². The first-order valence-electron chi connectivity index (χ1n) is 13.1. The van der Waals surface area contributed by atoms with Crippen molar-refractivity contribution in [1.29, 1.82) is 0 Å². The zero-order valence-electron chi connectivity index (χ0n) is 21.5. The summed E-state index contributed by atoms with van der Waals surface area (Å²) in [7, 11) is -3.65. The summed E-state index contributed by atoms with van der Waals surface area (Å²) in [5.41, 5.74) is 0.643. The molecular weight excluding hydrogens is 507 g/mol. The van der Waals surface area contributed by atoms with Crippen molar-refractivity contribution in [2.24, 2.45) is 0 Å². The number of carbonyl (C=O) groups excluding carboxylic acids is 1. The SMILES string of the molecule is CCn1nccc1NC(=O)C1(c2ccc(CN3CCC[C@H](c4ccccc4)S3(=O)=O)c(F)c2)CCOCC1. The topological polar surface area (TPSA) is 93.5 Å². The number of halogens is 1. The van der Waals surface area contributed by atoms with E-state index in [0.29, 0.717) is 63.4 Å². The molecule has 0 saturated carbocycles. The lowest BCUT2D eigenvalue weighted by atomic mass is 9.73. The highest BCUT2D eigenvalue weighted by Crippen LogP contribution is 2.38. The second kappa shape index (κ2) is 11.0. The van der Waals surface area contributed by atoms with Crippen LogP contribution in [-0.4, -0.2) is 48.2 Å². The maximum absolute atomic E-state index is 15.6. The minimum Gasteiger partial charge on any atom is -0.381 e. The number of nitrogens with one attached hydrogen (secondary N) is 1. The van der Waals surface area contributed by atoms with Crippen molar-refractivity contribution in [3.8, 4) is 0 Å². The molecule has 5 rings (SSSR count). The van der Waals surface area contributed by atoms with E-state index in [2.05, 4.69) is 10.4 Å². The number of amides is 1. The molecule has 0 unspecified atom stereocenters. The molecule has 1 atom stereocenters. The summed E-state index contributed by atoms with van der Waals surface area (Å²) in [4.78, 5) is 13.6. The van der Waals surface area contributed by atoms with Crippen molar-refractivity contribution in [3.63, 3.8) is 0 Å².